The summed E-state index contributed by atoms with van der Waals surface area (Å²) >= 11 is 5.03. The van der Waals surface area contributed by atoms with Gasteiger partial charge in [0.25, 0.3) is 0 Å². The molecule has 18 heavy (non-hydrogen) atoms. The third kappa shape index (κ3) is 3.38. The van der Waals surface area contributed by atoms with Gasteiger partial charge < -0.3 is 11.1 Å². The Morgan fingerprint density at radius 2 is 2.22 bits per heavy atom. The highest BCUT2D eigenvalue weighted by molar-refractivity contribution is 7.80. The molecule has 0 aliphatic heterocycles. The summed E-state index contributed by atoms with van der Waals surface area (Å²) in [5.41, 5.74) is 6.49. The van der Waals surface area contributed by atoms with Crippen LogP contribution in [0, 0.1) is 5.92 Å². The van der Waals surface area contributed by atoms with Crippen LogP contribution in [0.5, 0.6) is 0 Å². The second-order valence-electron chi connectivity index (χ2n) is 5.11. The molecule has 5 heteroatoms. The van der Waals surface area contributed by atoms with Crippen molar-refractivity contribution in [2.24, 2.45) is 11.7 Å². The molecule has 1 heterocycles. The van der Waals surface area contributed by atoms with Gasteiger partial charge in [-0.25, -0.2) is 0 Å². The highest BCUT2D eigenvalue weighted by Crippen LogP contribution is 2.25. The molecule has 1 fully saturated rings. The molecule has 0 bridgehead atoms. The number of nitrogens with one attached hydrogen (secondary N) is 1. The zero-order valence-corrected chi connectivity index (χ0v) is 11.5. The Hall–Kier alpha value is -1.23. The van der Waals surface area contributed by atoms with Crippen molar-refractivity contribution >= 4 is 23.0 Å². The Bertz CT molecular complexity index is 421. The minimum absolute atomic E-state index is 0.370. The van der Waals surface area contributed by atoms with Gasteiger partial charge in [-0.1, -0.05) is 32.0 Å². The Morgan fingerprint density at radius 1 is 1.39 bits per heavy atom. The van der Waals surface area contributed by atoms with Crippen LogP contribution >= 0.6 is 12.2 Å². The highest BCUT2D eigenvalue weighted by atomic mass is 32.1. The zero-order valence-electron chi connectivity index (χ0n) is 10.7. The molecule has 2 atom stereocenters. The first-order chi connectivity index (χ1) is 8.66. The lowest BCUT2D eigenvalue weighted by Crippen LogP contribution is -2.23. The number of nitrogens with two attached hydrogens (primary N) is 1. The minimum atomic E-state index is 0.370. The number of anilines is 1. The SMILES string of the molecule is CC1CCCC(Nc2nnccc2C(N)=S)CC1. The quantitative estimate of drug-likeness (QED) is 0.648. The number of nitrogens with zero attached hydrogens (tertiary/aromatic N) is 2. The smallest absolute Gasteiger partial charge is 0.159 e. The van der Waals surface area contributed by atoms with Crippen molar-refractivity contribution in [1.82, 2.24) is 10.2 Å². The van der Waals surface area contributed by atoms with Crippen LogP contribution in [0.1, 0.15) is 44.6 Å². The molecule has 1 aromatic heterocycles. The van der Waals surface area contributed by atoms with Crippen LogP contribution in [-0.2, 0) is 0 Å². The average molecular weight is 264 g/mol. The van der Waals surface area contributed by atoms with E-state index in [1.165, 1.54) is 32.1 Å². The van der Waals surface area contributed by atoms with Crippen molar-refractivity contribution in [1.29, 1.82) is 0 Å². The lowest BCUT2D eigenvalue weighted by molar-refractivity contribution is 0.501. The maximum Gasteiger partial charge on any atom is 0.159 e. The number of rotatable bonds is 3. The first kappa shape index (κ1) is 13.2. The summed E-state index contributed by atoms with van der Waals surface area (Å²) in [5, 5.41) is 11.5. The summed E-state index contributed by atoms with van der Waals surface area (Å²) in [4.78, 5) is 0.370. The summed E-state index contributed by atoms with van der Waals surface area (Å²) in [5.74, 6) is 1.55. The largest absolute Gasteiger partial charge is 0.389 e. The predicted octanol–water partition coefficient (Wildman–Crippen LogP) is 2.49. The second kappa shape index (κ2) is 6.09. The molecule has 0 aromatic carbocycles. The van der Waals surface area contributed by atoms with Crippen LogP contribution in [0.15, 0.2) is 12.3 Å². The molecule has 2 unspecified atom stereocenters. The first-order valence-corrected chi connectivity index (χ1v) is 6.95. The van der Waals surface area contributed by atoms with E-state index in [2.05, 4.69) is 22.4 Å². The van der Waals surface area contributed by atoms with Gasteiger partial charge in [0.1, 0.15) is 4.99 Å². The van der Waals surface area contributed by atoms with E-state index in [1.807, 2.05) is 6.07 Å². The summed E-state index contributed by atoms with van der Waals surface area (Å²) in [6.45, 7) is 2.32. The van der Waals surface area contributed by atoms with Crippen molar-refractivity contribution in [2.75, 3.05) is 5.32 Å². The molecule has 0 radical (unpaired) electrons. The summed E-state index contributed by atoms with van der Waals surface area (Å²) < 4.78 is 0. The van der Waals surface area contributed by atoms with E-state index in [0.29, 0.717) is 11.0 Å². The molecule has 0 amide bonds. The molecule has 0 saturated heterocycles. The third-order valence-electron chi connectivity index (χ3n) is 3.58. The zero-order chi connectivity index (χ0) is 13.0. The van der Waals surface area contributed by atoms with E-state index in [4.69, 9.17) is 18.0 Å². The van der Waals surface area contributed by atoms with Gasteiger partial charge in [0.2, 0.25) is 0 Å². The van der Waals surface area contributed by atoms with E-state index in [-0.39, 0.29) is 0 Å². The topological polar surface area (TPSA) is 63.8 Å². The van der Waals surface area contributed by atoms with Crippen LogP contribution < -0.4 is 11.1 Å². The Kier molecular flexibility index (Phi) is 4.47. The van der Waals surface area contributed by atoms with E-state index in [0.717, 1.165) is 17.3 Å². The number of hydrogen-bond acceptors (Lipinski definition) is 4. The maximum absolute atomic E-state index is 5.70. The van der Waals surface area contributed by atoms with Crippen molar-refractivity contribution < 1.29 is 0 Å². The van der Waals surface area contributed by atoms with Gasteiger partial charge in [-0.2, -0.15) is 5.10 Å². The Morgan fingerprint density at radius 3 is 3.00 bits per heavy atom. The van der Waals surface area contributed by atoms with E-state index < -0.39 is 0 Å². The molecule has 1 aliphatic carbocycles. The van der Waals surface area contributed by atoms with Crippen molar-refractivity contribution in [3.63, 3.8) is 0 Å². The van der Waals surface area contributed by atoms with E-state index in [9.17, 15) is 0 Å². The number of hydrogen-bond donors (Lipinski definition) is 2. The van der Waals surface area contributed by atoms with E-state index >= 15 is 0 Å². The average Bonchev–Trinajstić information content (AvgIpc) is 2.55. The fourth-order valence-electron chi connectivity index (χ4n) is 2.46. The van der Waals surface area contributed by atoms with Crippen molar-refractivity contribution in [3.8, 4) is 0 Å². The molecule has 1 aromatic rings. The fourth-order valence-corrected chi connectivity index (χ4v) is 2.63. The second-order valence-corrected chi connectivity index (χ2v) is 5.55. The molecular formula is C13H20N4S. The Labute approximate surface area is 113 Å². The predicted molar refractivity (Wildman–Crippen MR) is 77.6 cm³/mol. The molecule has 1 saturated carbocycles. The van der Waals surface area contributed by atoms with E-state index in [1.54, 1.807) is 6.20 Å². The third-order valence-corrected chi connectivity index (χ3v) is 3.80. The van der Waals surface area contributed by atoms with Gasteiger partial charge in [0.15, 0.2) is 5.82 Å². The van der Waals surface area contributed by atoms with Crippen molar-refractivity contribution in [2.45, 2.75) is 45.1 Å². The van der Waals surface area contributed by atoms with Crippen LogP contribution in [0.4, 0.5) is 5.82 Å². The molecule has 4 nitrogen and oxygen atoms in total. The monoisotopic (exact) mass is 264 g/mol. The molecule has 2 rings (SSSR count). The van der Waals surface area contributed by atoms with Crippen LogP contribution in [0.25, 0.3) is 0 Å². The van der Waals surface area contributed by atoms with Gasteiger partial charge >= 0.3 is 0 Å². The molecular weight excluding hydrogens is 244 g/mol. The minimum Gasteiger partial charge on any atom is -0.389 e. The van der Waals surface area contributed by atoms with Crippen molar-refractivity contribution in [3.05, 3.63) is 17.8 Å². The summed E-state index contributed by atoms with van der Waals surface area (Å²) in [6, 6.07) is 2.27. The van der Waals surface area contributed by atoms with Gasteiger partial charge in [-0.3, -0.25) is 0 Å². The lowest BCUT2D eigenvalue weighted by atomic mass is 10.0. The lowest BCUT2D eigenvalue weighted by Gasteiger charge is -2.18. The Balaban J connectivity index is 2.06. The molecule has 3 N–H and O–H groups in total. The normalized spacial score (nSPS) is 24.3. The molecule has 0 spiro atoms. The summed E-state index contributed by atoms with van der Waals surface area (Å²) in [6.07, 6.45) is 7.82. The number of aromatic nitrogens is 2. The van der Waals surface area contributed by atoms with Crippen LogP contribution in [0.2, 0.25) is 0 Å². The standard InChI is InChI=1S/C13H20N4S/c1-9-3-2-4-10(6-5-9)16-13-11(12(14)18)7-8-15-17-13/h7-10H,2-6H2,1H3,(H2,14,18)(H,16,17). The molecule has 98 valence electrons. The molecule has 1 aliphatic rings. The highest BCUT2D eigenvalue weighted by Gasteiger charge is 2.18. The maximum atomic E-state index is 5.70. The van der Waals surface area contributed by atoms with Gasteiger partial charge in [0, 0.05) is 6.04 Å². The number of thiocarbonyl (C=S) groups is 1. The van der Waals surface area contributed by atoms with Gasteiger partial charge in [-0.05, 0) is 31.2 Å². The van der Waals surface area contributed by atoms with Crippen LogP contribution in [0.3, 0.4) is 0 Å². The fraction of sp³-hybridized carbons (Fsp3) is 0.615. The first-order valence-electron chi connectivity index (χ1n) is 6.55. The van der Waals surface area contributed by atoms with Crippen LogP contribution in [-0.4, -0.2) is 21.2 Å². The van der Waals surface area contributed by atoms with Gasteiger partial charge in [-0.15, -0.1) is 5.10 Å². The van der Waals surface area contributed by atoms with Gasteiger partial charge in [0.05, 0.1) is 11.8 Å². The summed E-state index contributed by atoms with van der Waals surface area (Å²) in [7, 11) is 0.